The highest BCUT2D eigenvalue weighted by atomic mass is 15.3. The van der Waals surface area contributed by atoms with E-state index >= 15 is 0 Å². The van der Waals surface area contributed by atoms with Crippen LogP contribution in [0, 0.1) is 0 Å². The molecule has 0 saturated carbocycles. The second-order valence-electron chi connectivity index (χ2n) is 4.41. The predicted molar refractivity (Wildman–Crippen MR) is 75.4 cm³/mol. The molecule has 2 heterocycles. The highest BCUT2D eigenvalue weighted by Crippen LogP contribution is 2.19. The molecule has 4 heteroatoms. The van der Waals surface area contributed by atoms with Crippen LogP contribution >= 0.6 is 0 Å². The maximum absolute atomic E-state index is 5.66. The van der Waals surface area contributed by atoms with Gasteiger partial charge in [0.2, 0.25) is 0 Å². The van der Waals surface area contributed by atoms with Crippen molar-refractivity contribution in [3.05, 3.63) is 66.7 Å². The van der Waals surface area contributed by atoms with Gasteiger partial charge in [0.15, 0.2) is 0 Å². The fraction of sp³-hybridized carbons (Fsp3) is 0.0667. The lowest BCUT2D eigenvalue weighted by Gasteiger charge is -2.05. The summed E-state index contributed by atoms with van der Waals surface area (Å²) >= 11 is 0. The van der Waals surface area contributed by atoms with Crippen LogP contribution in [0.4, 0.5) is 5.69 Å². The van der Waals surface area contributed by atoms with Gasteiger partial charge in [-0.1, -0.05) is 18.2 Å². The van der Waals surface area contributed by atoms with Crippen molar-refractivity contribution >= 4 is 5.69 Å². The smallest absolute Gasteiger partial charge is 0.0719 e. The van der Waals surface area contributed by atoms with Crippen molar-refractivity contribution in [3.8, 4) is 11.1 Å². The SMILES string of the molecule is Nc1cnn(Cc2cccc(-c3ccncc3)c2)c1. The van der Waals surface area contributed by atoms with E-state index in [-0.39, 0.29) is 0 Å². The zero-order valence-electron chi connectivity index (χ0n) is 10.4. The average molecular weight is 250 g/mol. The van der Waals surface area contributed by atoms with E-state index in [4.69, 9.17) is 5.73 Å². The van der Waals surface area contributed by atoms with E-state index in [0.29, 0.717) is 5.69 Å². The molecule has 1 aromatic carbocycles. The van der Waals surface area contributed by atoms with Gasteiger partial charge in [0, 0.05) is 18.6 Å². The Balaban J connectivity index is 1.88. The van der Waals surface area contributed by atoms with Gasteiger partial charge in [0.05, 0.1) is 18.4 Å². The first-order valence-electron chi connectivity index (χ1n) is 6.08. The Kier molecular flexibility index (Phi) is 2.98. The van der Waals surface area contributed by atoms with E-state index < -0.39 is 0 Å². The zero-order chi connectivity index (χ0) is 13.1. The number of nitrogen functional groups attached to an aromatic ring is 1. The lowest BCUT2D eigenvalue weighted by molar-refractivity contribution is 0.687. The highest BCUT2D eigenvalue weighted by Gasteiger charge is 2.01. The van der Waals surface area contributed by atoms with Crippen LogP contribution in [0.25, 0.3) is 11.1 Å². The fourth-order valence-electron chi connectivity index (χ4n) is 2.05. The summed E-state index contributed by atoms with van der Waals surface area (Å²) in [4.78, 5) is 4.04. The normalized spacial score (nSPS) is 10.5. The number of hydrogen-bond donors (Lipinski definition) is 1. The summed E-state index contributed by atoms with van der Waals surface area (Å²) < 4.78 is 1.83. The molecule has 0 saturated heterocycles. The van der Waals surface area contributed by atoms with Crippen molar-refractivity contribution in [2.75, 3.05) is 5.73 Å². The first-order chi connectivity index (χ1) is 9.31. The van der Waals surface area contributed by atoms with E-state index in [0.717, 1.165) is 12.1 Å². The molecule has 2 N–H and O–H groups in total. The quantitative estimate of drug-likeness (QED) is 0.777. The van der Waals surface area contributed by atoms with Gasteiger partial charge < -0.3 is 5.73 Å². The number of hydrogen-bond acceptors (Lipinski definition) is 3. The van der Waals surface area contributed by atoms with Gasteiger partial charge in [-0.15, -0.1) is 0 Å². The van der Waals surface area contributed by atoms with Gasteiger partial charge >= 0.3 is 0 Å². The minimum Gasteiger partial charge on any atom is -0.396 e. The van der Waals surface area contributed by atoms with Crippen molar-refractivity contribution in [2.24, 2.45) is 0 Å². The number of anilines is 1. The minimum absolute atomic E-state index is 0.685. The van der Waals surface area contributed by atoms with E-state index in [9.17, 15) is 0 Å². The largest absolute Gasteiger partial charge is 0.396 e. The van der Waals surface area contributed by atoms with E-state index in [1.54, 1.807) is 18.6 Å². The molecular formula is C15H14N4. The molecule has 2 aromatic heterocycles. The average Bonchev–Trinajstić information content (AvgIpc) is 2.85. The van der Waals surface area contributed by atoms with Crippen molar-refractivity contribution in [2.45, 2.75) is 6.54 Å². The molecule has 94 valence electrons. The van der Waals surface area contributed by atoms with Crippen LogP contribution in [0.2, 0.25) is 0 Å². The van der Waals surface area contributed by atoms with Gasteiger partial charge in [-0.05, 0) is 34.9 Å². The highest BCUT2D eigenvalue weighted by molar-refractivity contribution is 5.63. The van der Waals surface area contributed by atoms with E-state index in [1.165, 1.54) is 11.1 Å². The number of nitrogens with zero attached hydrogens (tertiary/aromatic N) is 3. The zero-order valence-corrected chi connectivity index (χ0v) is 10.4. The van der Waals surface area contributed by atoms with Gasteiger partial charge in [0.25, 0.3) is 0 Å². The third-order valence-electron chi connectivity index (χ3n) is 2.94. The second kappa shape index (κ2) is 4.94. The molecule has 0 bridgehead atoms. The van der Waals surface area contributed by atoms with Gasteiger partial charge in [0.1, 0.15) is 0 Å². The van der Waals surface area contributed by atoms with Crippen LogP contribution in [0.15, 0.2) is 61.2 Å². The summed E-state index contributed by atoms with van der Waals surface area (Å²) in [5, 5.41) is 4.20. The van der Waals surface area contributed by atoms with Crippen molar-refractivity contribution in [1.29, 1.82) is 0 Å². The van der Waals surface area contributed by atoms with Gasteiger partial charge in [-0.3, -0.25) is 9.67 Å². The second-order valence-corrected chi connectivity index (χ2v) is 4.41. The summed E-state index contributed by atoms with van der Waals surface area (Å²) in [6.45, 7) is 0.718. The lowest BCUT2D eigenvalue weighted by Crippen LogP contribution is -1.99. The number of aromatic nitrogens is 3. The van der Waals surface area contributed by atoms with Gasteiger partial charge in [-0.2, -0.15) is 5.10 Å². The summed E-state index contributed by atoms with van der Waals surface area (Å²) in [5.41, 5.74) is 9.88. The number of benzene rings is 1. The Labute approximate surface area is 111 Å². The molecule has 3 aromatic rings. The molecule has 0 radical (unpaired) electrons. The molecule has 0 spiro atoms. The predicted octanol–water partition coefficient (Wildman–Crippen LogP) is 2.58. The lowest BCUT2D eigenvalue weighted by atomic mass is 10.0. The summed E-state index contributed by atoms with van der Waals surface area (Å²) in [5.74, 6) is 0. The molecule has 0 aliphatic rings. The Morgan fingerprint density at radius 3 is 2.63 bits per heavy atom. The Morgan fingerprint density at radius 2 is 1.89 bits per heavy atom. The monoisotopic (exact) mass is 250 g/mol. The number of pyridine rings is 1. The molecule has 0 unspecified atom stereocenters. The van der Waals surface area contributed by atoms with Crippen LogP contribution in [-0.2, 0) is 6.54 Å². The third kappa shape index (κ3) is 2.63. The Morgan fingerprint density at radius 1 is 1.05 bits per heavy atom. The topological polar surface area (TPSA) is 56.7 Å². The molecule has 19 heavy (non-hydrogen) atoms. The van der Waals surface area contributed by atoms with Crippen molar-refractivity contribution < 1.29 is 0 Å². The maximum atomic E-state index is 5.66. The van der Waals surface area contributed by atoms with E-state index in [1.807, 2.05) is 23.0 Å². The van der Waals surface area contributed by atoms with Crippen molar-refractivity contribution in [1.82, 2.24) is 14.8 Å². The standard InChI is InChI=1S/C15H14N4/c16-15-9-18-19(11-15)10-12-2-1-3-14(8-12)13-4-6-17-7-5-13/h1-9,11H,10,16H2. The van der Waals surface area contributed by atoms with Gasteiger partial charge in [-0.25, -0.2) is 0 Å². The molecule has 3 rings (SSSR count). The first kappa shape index (κ1) is 11.5. The molecule has 0 amide bonds. The molecule has 0 aliphatic heterocycles. The van der Waals surface area contributed by atoms with Crippen LogP contribution in [0.5, 0.6) is 0 Å². The molecule has 4 nitrogen and oxygen atoms in total. The number of rotatable bonds is 3. The fourth-order valence-corrected chi connectivity index (χ4v) is 2.05. The van der Waals surface area contributed by atoms with Crippen LogP contribution in [0.1, 0.15) is 5.56 Å². The van der Waals surface area contributed by atoms with Crippen LogP contribution in [0.3, 0.4) is 0 Å². The molecule has 0 atom stereocenters. The first-order valence-corrected chi connectivity index (χ1v) is 6.08. The third-order valence-corrected chi connectivity index (χ3v) is 2.94. The summed E-state index contributed by atoms with van der Waals surface area (Å²) in [7, 11) is 0. The molecular weight excluding hydrogens is 236 g/mol. The van der Waals surface area contributed by atoms with Crippen LogP contribution < -0.4 is 5.73 Å². The Hall–Kier alpha value is -2.62. The summed E-state index contributed by atoms with van der Waals surface area (Å²) in [6.07, 6.45) is 7.10. The summed E-state index contributed by atoms with van der Waals surface area (Å²) in [6, 6.07) is 12.4. The molecule has 0 aliphatic carbocycles. The maximum Gasteiger partial charge on any atom is 0.0719 e. The Bertz CT molecular complexity index is 673. The van der Waals surface area contributed by atoms with E-state index in [2.05, 4.69) is 34.3 Å². The minimum atomic E-state index is 0.685. The van der Waals surface area contributed by atoms with Crippen molar-refractivity contribution in [3.63, 3.8) is 0 Å². The van der Waals surface area contributed by atoms with Crippen LogP contribution in [-0.4, -0.2) is 14.8 Å². The molecule has 0 fully saturated rings. The number of nitrogens with two attached hydrogens (primary N) is 1.